The molecule has 3 atom stereocenters. The molecule has 4 rings (SSSR count). The number of allylic oxidation sites excluding steroid dienone is 2. The highest BCUT2D eigenvalue weighted by Crippen LogP contribution is 2.46. The summed E-state index contributed by atoms with van der Waals surface area (Å²) in [4.78, 5) is 20.5. The fourth-order valence-corrected chi connectivity index (χ4v) is 5.03. The van der Waals surface area contributed by atoms with Crippen LogP contribution in [0.15, 0.2) is 70.9 Å². The number of carbonyl (C=O) groups excluding carboxylic acids is 1. The van der Waals surface area contributed by atoms with Crippen LogP contribution in [0.2, 0.25) is 0 Å². The van der Waals surface area contributed by atoms with E-state index in [9.17, 15) is 10.1 Å². The van der Waals surface area contributed by atoms with Gasteiger partial charge in [0.05, 0.1) is 12.0 Å². The van der Waals surface area contributed by atoms with Crippen molar-refractivity contribution >= 4 is 17.2 Å². The minimum absolute atomic E-state index is 0.129. The van der Waals surface area contributed by atoms with Crippen molar-refractivity contribution in [1.82, 2.24) is 0 Å². The fraction of sp³-hybridized carbons (Fsp3) is 0.370. The third-order valence-corrected chi connectivity index (χ3v) is 6.68. The summed E-state index contributed by atoms with van der Waals surface area (Å²) in [6.07, 6.45) is 1.22. The largest absolute Gasteiger partial charge is 0.372 e. The lowest BCUT2D eigenvalue weighted by atomic mass is 9.69. The molecule has 0 saturated carbocycles. The van der Waals surface area contributed by atoms with Crippen LogP contribution in [0.4, 0.5) is 5.69 Å². The van der Waals surface area contributed by atoms with Gasteiger partial charge >= 0.3 is 0 Å². The molecule has 0 amide bonds. The molecule has 0 aromatic heterocycles. The van der Waals surface area contributed by atoms with E-state index in [-0.39, 0.29) is 17.6 Å². The third kappa shape index (κ3) is 3.93. The Morgan fingerprint density at radius 3 is 2.29 bits per heavy atom. The first-order chi connectivity index (χ1) is 15.1. The van der Waals surface area contributed by atoms with Gasteiger partial charge < -0.3 is 4.90 Å². The number of ketones is 1. The highest BCUT2D eigenvalue weighted by Gasteiger charge is 2.41. The lowest BCUT2D eigenvalue weighted by molar-refractivity contribution is -0.116. The quantitative estimate of drug-likeness (QED) is 0.640. The van der Waals surface area contributed by atoms with Crippen molar-refractivity contribution in [1.29, 1.82) is 5.26 Å². The molecule has 2 aromatic rings. The van der Waals surface area contributed by atoms with Gasteiger partial charge in [0.1, 0.15) is 0 Å². The van der Waals surface area contributed by atoms with E-state index in [1.807, 2.05) is 25.1 Å². The summed E-state index contributed by atoms with van der Waals surface area (Å²) in [5, 5.41) is 9.95. The normalized spacial score (nSPS) is 23.1. The molecule has 0 saturated heterocycles. The molecule has 0 N–H and O–H groups in total. The number of carbonyl (C=O) groups is 1. The molecule has 31 heavy (non-hydrogen) atoms. The molecule has 0 spiro atoms. The van der Waals surface area contributed by atoms with Crippen LogP contribution in [-0.2, 0) is 4.79 Å². The van der Waals surface area contributed by atoms with Crippen LogP contribution >= 0.6 is 0 Å². The zero-order valence-electron chi connectivity index (χ0n) is 18.5. The molecular formula is C27H29N3O. The molecule has 1 unspecified atom stereocenters. The first kappa shape index (κ1) is 21.1. The summed E-state index contributed by atoms with van der Waals surface area (Å²) >= 11 is 0. The summed E-state index contributed by atoms with van der Waals surface area (Å²) < 4.78 is 0. The highest BCUT2D eigenvalue weighted by atomic mass is 16.1. The second-order valence-electron chi connectivity index (χ2n) is 8.40. The Balaban J connectivity index is 1.73. The van der Waals surface area contributed by atoms with Crippen LogP contribution in [-0.4, -0.2) is 24.6 Å². The monoisotopic (exact) mass is 411 g/mol. The van der Waals surface area contributed by atoms with Gasteiger partial charge in [-0.2, -0.15) is 5.26 Å². The van der Waals surface area contributed by atoms with Crippen molar-refractivity contribution in [3.05, 3.63) is 77.0 Å². The van der Waals surface area contributed by atoms with Crippen LogP contribution in [0.5, 0.6) is 0 Å². The van der Waals surface area contributed by atoms with Gasteiger partial charge in [-0.05, 0) is 56.4 Å². The molecule has 2 aliphatic rings. The molecular weight excluding hydrogens is 382 g/mol. The Bertz CT molecular complexity index is 1060. The van der Waals surface area contributed by atoms with E-state index >= 15 is 0 Å². The van der Waals surface area contributed by atoms with Crippen LogP contribution in [0, 0.1) is 17.2 Å². The number of hydrogen-bond acceptors (Lipinski definition) is 4. The minimum Gasteiger partial charge on any atom is -0.372 e. The summed E-state index contributed by atoms with van der Waals surface area (Å²) in [7, 11) is 0. The van der Waals surface area contributed by atoms with Gasteiger partial charge in [0, 0.05) is 48.1 Å². The number of Topliss-reactive ketones (excluding diaryl/α,β-unsaturated/α-hetero) is 1. The van der Waals surface area contributed by atoms with Crippen molar-refractivity contribution in [3.63, 3.8) is 0 Å². The van der Waals surface area contributed by atoms with Gasteiger partial charge in [-0.1, -0.05) is 42.5 Å². The smallest absolute Gasteiger partial charge is 0.161 e. The van der Waals surface area contributed by atoms with Crippen molar-refractivity contribution in [2.45, 2.75) is 45.4 Å². The summed E-state index contributed by atoms with van der Waals surface area (Å²) in [6.45, 7) is 8.10. The number of benzene rings is 2. The van der Waals surface area contributed by atoms with Crippen LogP contribution in [0.1, 0.15) is 56.6 Å². The van der Waals surface area contributed by atoms with Gasteiger partial charge in [-0.15, -0.1) is 0 Å². The zero-order valence-corrected chi connectivity index (χ0v) is 18.5. The number of hydrogen-bond donors (Lipinski definition) is 0. The molecule has 0 radical (unpaired) electrons. The van der Waals surface area contributed by atoms with Crippen LogP contribution in [0.25, 0.3) is 0 Å². The maximum atomic E-state index is 13.4. The van der Waals surface area contributed by atoms with E-state index in [4.69, 9.17) is 4.99 Å². The maximum absolute atomic E-state index is 13.4. The van der Waals surface area contributed by atoms with Gasteiger partial charge in [0.15, 0.2) is 5.78 Å². The standard InChI is InChI=1S/C27H29N3O/c1-4-30(5-2)22-13-11-20(12-14-22)26-23(17-28)18(3)29-24-15-21(16-25(31)27(24)26)19-9-7-6-8-10-19/h6-14,21,23,26H,4-5,15-16H2,1-3H3/t21-,23?,26-/m1/s1. The summed E-state index contributed by atoms with van der Waals surface area (Å²) in [6, 6.07) is 21.0. The van der Waals surface area contributed by atoms with Crippen molar-refractivity contribution in [3.8, 4) is 6.07 Å². The Kier molecular flexibility index (Phi) is 6.04. The second kappa shape index (κ2) is 8.89. The predicted octanol–water partition coefficient (Wildman–Crippen LogP) is 5.63. The van der Waals surface area contributed by atoms with Gasteiger partial charge in [0.25, 0.3) is 0 Å². The lowest BCUT2D eigenvalue weighted by Gasteiger charge is -2.35. The predicted molar refractivity (Wildman–Crippen MR) is 125 cm³/mol. The van der Waals surface area contributed by atoms with Crippen LogP contribution in [0.3, 0.4) is 0 Å². The van der Waals surface area contributed by atoms with E-state index in [1.54, 1.807) is 0 Å². The minimum atomic E-state index is -0.407. The molecule has 1 aliphatic heterocycles. The second-order valence-corrected chi connectivity index (χ2v) is 8.40. The Morgan fingerprint density at radius 1 is 1.00 bits per heavy atom. The van der Waals surface area contributed by atoms with Gasteiger partial charge in [-0.3, -0.25) is 9.79 Å². The first-order valence-corrected chi connectivity index (χ1v) is 11.2. The number of rotatable bonds is 5. The van der Waals surface area contributed by atoms with E-state index in [0.29, 0.717) is 6.42 Å². The summed E-state index contributed by atoms with van der Waals surface area (Å²) in [5.74, 6) is -0.375. The van der Waals surface area contributed by atoms with Gasteiger partial charge in [-0.25, -0.2) is 0 Å². The first-order valence-electron chi connectivity index (χ1n) is 11.2. The summed E-state index contributed by atoms with van der Waals surface area (Å²) in [5.41, 5.74) is 5.79. The molecule has 158 valence electrons. The van der Waals surface area contributed by atoms with Crippen LogP contribution < -0.4 is 4.90 Å². The van der Waals surface area contributed by atoms with Crippen molar-refractivity contribution in [2.75, 3.05) is 18.0 Å². The maximum Gasteiger partial charge on any atom is 0.161 e. The Morgan fingerprint density at radius 2 is 1.68 bits per heavy atom. The molecule has 0 bridgehead atoms. The average molecular weight is 412 g/mol. The zero-order chi connectivity index (χ0) is 22.0. The fourth-order valence-electron chi connectivity index (χ4n) is 5.03. The number of aliphatic imine (C=N–C) groups is 1. The molecule has 4 nitrogen and oxygen atoms in total. The molecule has 1 aliphatic carbocycles. The van der Waals surface area contributed by atoms with Crippen molar-refractivity contribution in [2.24, 2.45) is 10.9 Å². The third-order valence-electron chi connectivity index (χ3n) is 6.68. The van der Waals surface area contributed by atoms with Gasteiger partial charge in [0.2, 0.25) is 0 Å². The molecule has 2 aromatic carbocycles. The lowest BCUT2D eigenvalue weighted by Crippen LogP contribution is -2.32. The number of nitriles is 1. The Hall–Kier alpha value is -3.19. The average Bonchev–Trinajstić information content (AvgIpc) is 2.80. The molecule has 0 fully saturated rings. The molecule has 4 heteroatoms. The molecule has 1 heterocycles. The topological polar surface area (TPSA) is 56.5 Å². The van der Waals surface area contributed by atoms with E-state index in [1.165, 1.54) is 5.56 Å². The van der Waals surface area contributed by atoms with Crippen molar-refractivity contribution < 1.29 is 4.79 Å². The van der Waals surface area contributed by atoms with E-state index in [2.05, 4.69) is 61.2 Å². The van der Waals surface area contributed by atoms with E-state index < -0.39 is 5.92 Å². The SMILES string of the molecule is CCN(CC)c1ccc([C@H]2C3=C(C[C@@H](c4ccccc4)CC3=O)N=C(C)C2C#N)cc1. The number of anilines is 1. The van der Waals surface area contributed by atoms with E-state index in [0.717, 1.165) is 47.7 Å². The Labute approximate surface area is 184 Å². The highest BCUT2D eigenvalue weighted by molar-refractivity contribution is 6.03. The number of nitrogens with zero attached hydrogens (tertiary/aromatic N) is 3.